The molecule has 0 spiro atoms. The Morgan fingerprint density at radius 1 is 0.889 bits per heavy atom. The van der Waals surface area contributed by atoms with E-state index >= 15 is 0 Å². The number of rotatable bonds is 6. The summed E-state index contributed by atoms with van der Waals surface area (Å²) in [7, 11) is 0. The van der Waals surface area contributed by atoms with Crippen molar-refractivity contribution in [1.29, 1.82) is 0 Å². The standard InChI is InChI=1S/C22H19F2NO2/c1-15(16-10-12-18(13-11-16)17-6-3-2-4-7-17)25-21(26)19-8-5-9-20(14-19)27-22(23)24/h2-15,22H,1H3,(H,25,26)/t15-/m0/s1. The molecular weight excluding hydrogens is 348 g/mol. The Kier molecular flexibility index (Phi) is 5.81. The highest BCUT2D eigenvalue weighted by Crippen LogP contribution is 2.22. The van der Waals surface area contributed by atoms with Crippen molar-refractivity contribution in [2.45, 2.75) is 19.6 Å². The van der Waals surface area contributed by atoms with E-state index in [1.54, 1.807) is 6.07 Å². The minimum Gasteiger partial charge on any atom is -0.435 e. The number of amides is 1. The van der Waals surface area contributed by atoms with Gasteiger partial charge in [-0.05, 0) is 41.8 Å². The molecular formula is C22H19F2NO2. The van der Waals surface area contributed by atoms with Gasteiger partial charge in [-0.2, -0.15) is 8.78 Å². The molecule has 0 heterocycles. The van der Waals surface area contributed by atoms with Gasteiger partial charge in [-0.15, -0.1) is 0 Å². The molecule has 0 fully saturated rings. The molecule has 1 amide bonds. The van der Waals surface area contributed by atoms with E-state index in [1.165, 1.54) is 18.2 Å². The lowest BCUT2D eigenvalue weighted by atomic mass is 10.0. The molecule has 1 N–H and O–H groups in total. The zero-order valence-corrected chi connectivity index (χ0v) is 14.7. The van der Waals surface area contributed by atoms with Crippen molar-refractivity contribution in [3.63, 3.8) is 0 Å². The number of hydrogen-bond acceptors (Lipinski definition) is 2. The fourth-order valence-electron chi connectivity index (χ4n) is 2.77. The molecule has 5 heteroatoms. The number of carbonyl (C=O) groups excluding carboxylic acids is 1. The minimum absolute atomic E-state index is 0.0440. The topological polar surface area (TPSA) is 38.3 Å². The molecule has 0 aromatic heterocycles. The minimum atomic E-state index is -2.93. The summed E-state index contributed by atoms with van der Waals surface area (Å²) < 4.78 is 29.0. The maximum absolute atomic E-state index is 12.4. The molecule has 0 aliphatic rings. The van der Waals surface area contributed by atoms with Crippen molar-refractivity contribution in [3.05, 3.63) is 90.0 Å². The number of carbonyl (C=O) groups is 1. The summed E-state index contributed by atoms with van der Waals surface area (Å²) in [5.41, 5.74) is 3.43. The van der Waals surface area contributed by atoms with Crippen molar-refractivity contribution in [3.8, 4) is 16.9 Å². The molecule has 3 nitrogen and oxygen atoms in total. The van der Waals surface area contributed by atoms with Gasteiger partial charge in [0, 0.05) is 5.56 Å². The van der Waals surface area contributed by atoms with Crippen LogP contribution in [0.3, 0.4) is 0 Å². The van der Waals surface area contributed by atoms with Crippen molar-refractivity contribution in [2.24, 2.45) is 0 Å². The molecule has 0 saturated carbocycles. The third kappa shape index (κ3) is 4.91. The maximum atomic E-state index is 12.4. The normalized spacial score (nSPS) is 11.9. The summed E-state index contributed by atoms with van der Waals surface area (Å²) in [5, 5.41) is 2.87. The van der Waals surface area contributed by atoms with Crippen LogP contribution >= 0.6 is 0 Å². The lowest BCUT2D eigenvalue weighted by Crippen LogP contribution is -2.26. The average molecular weight is 367 g/mol. The van der Waals surface area contributed by atoms with Crippen LogP contribution in [-0.4, -0.2) is 12.5 Å². The lowest BCUT2D eigenvalue weighted by Gasteiger charge is -2.15. The van der Waals surface area contributed by atoms with Crippen LogP contribution in [-0.2, 0) is 0 Å². The fourth-order valence-corrected chi connectivity index (χ4v) is 2.77. The molecule has 3 aromatic rings. The van der Waals surface area contributed by atoms with Gasteiger partial charge in [0.2, 0.25) is 0 Å². The van der Waals surface area contributed by atoms with Gasteiger partial charge < -0.3 is 10.1 Å². The number of nitrogens with one attached hydrogen (secondary N) is 1. The van der Waals surface area contributed by atoms with Crippen LogP contribution in [0.2, 0.25) is 0 Å². The fraction of sp³-hybridized carbons (Fsp3) is 0.136. The zero-order valence-electron chi connectivity index (χ0n) is 14.7. The van der Waals surface area contributed by atoms with Crippen LogP contribution in [0.25, 0.3) is 11.1 Å². The van der Waals surface area contributed by atoms with E-state index in [9.17, 15) is 13.6 Å². The second kappa shape index (κ2) is 8.45. The summed E-state index contributed by atoms with van der Waals surface area (Å²) in [4.78, 5) is 12.4. The smallest absolute Gasteiger partial charge is 0.387 e. The first kappa shape index (κ1) is 18.6. The maximum Gasteiger partial charge on any atom is 0.387 e. The quantitative estimate of drug-likeness (QED) is 0.629. The average Bonchev–Trinajstić information content (AvgIpc) is 2.68. The lowest BCUT2D eigenvalue weighted by molar-refractivity contribution is -0.0498. The Bertz CT molecular complexity index is 896. The van der Waals surface area contributed by atoms with Crippen molar-refractivity contribution >= 4 is 5.91 Å². The van der Waals surface area contributed by atoms with E-state index in [4.69, 9.17) is 0 Å². The molecule has 3 rings (SSSR count). The van der Waals surface area contributed by atoms with Crippen LogP contribution in [0.15, 0.2) is 78.9 Å². The molecule has 0 unspecified atom stereocenters. The van der Waals surface area contributed by atoms with E-state index in [0.717, 1.165) is 16.7 Å². The number of benzene rings is 3. The summed E-state index contributed by atoms with van der Waals surface area (Å²) in [6.45, 7) is -1.06. The van der Waals surface area contributed by atoms with Gasteiger partial charge in [-0.3, -0.25) is 4.79 Å². The largest absolute Gasteiger partial charge is 0.435 e. The molecule has 0 saturated heterocycles. The van der Waals surface area contributed by atoms with Crippen LogP contribution in [0.4, 0.5) is 8.78 Å². The first-order valence-electron chi connectivity index (χ1n) is 8.54. The van der Waals surface area contributed by atoms with Crippen molar-refractivity contribution < 1.29 is 18.3 Å². The van der Waals surface area contributed by atoms with Gasteiger partial charge in [-0.1, -0.05) is 60.7 Å². The Morgan fingerprint density at radius 2 is 1.56 bits per heavy atom. The molecule has 0 bridgehead atoms. The van der Waals surface area contributed by atoms with Gasteiger partial charge >= 0.3 is 6.61 Å². The van der Waals surface area contributed by atoms with Crippen LogP contribution < -0.4 is 10.1 Å². The van der Waals surface area contributed by atoms with Gasteiger partial charge in [-0.25, -0.2) is 0 Å². The molecule has 27 heavy (non-hydrogen) atoms. The zero-order chi connectivity index (χ0) is 19.2. The highest BCUT2D eigenvalue weighted by atomic mass is 19.3. The Hall–Kier alpha value is -3.21. The summed E-state index contributed by atoms with van der Waals surface area (Å²) in [6, 6.07) is 23.5. The number of ether oxygens (including phenoxy) is 1. The van der Waals surface area contributed by atoms with Gasteiger partial charge in [0.25, 0.3) is 5.91 Å². The van der Waals surface area contributed by atoms with Crippen molar-refractivity contribution in [2.75, 3.05) is 0 Å². The Balaban J connectivity index is 1.68. The summed E-state index contributed by atoms with van der Waals surface area (Å²) in [5.74, 6) is -0.396. The molecule has 0 radical (unpaired) electrons. The molecule has 0 aliphatic carbocycles. The van der Waals surface area contributed by atoms with E-state index in [1.807, 2.05) is 61.5 Å². The number of alkyl halides is 2. The third-order valence-corrected chi connectivity index (χ3v) is 4.19. The highest BCUT2D eigenvalue weighted by molar-refractivity contribution is 5.94. The molecule has 0 aliphatic heterocycles. The van der Waals surface area contributed by atoms with Gasteiger partial charge in [0.05, 0.1) is 6.04 Å². The summed E-state index contributed by atoms with van der Waals surface area (Å²) >= 11 is 0. The molecule has 3 aromatic carbocycles. The van der Waals surface area contributed by atoms with Crippen LogP contribution in [0.1, 0.15) is 28.9 Å². The predicted octanol–water partition coefficient (Wildman–Crippen LogP) is 5.45. The third-order valence-electron chi connectivity index (χ3n) is 4.19. The molecule has 138 valence electrons. The van der Waals surface area contributed by atoms with Crippen molar-refractivity contribution in [1.82, 2.24) is 5.32 Å². The van der Waals surface area contributed by atoms with E-state index in [0.29, 0.717) is 0 Å². The van der Waals surface area contributed by atoms with Crippen LogP contribution in [0.5, 0.6) is 5.75 Å². The second-order valence-corrected chi connectivity index (χ2v) is 6.09. The van der Waals surface area contributed by atoms with Crippen LogP contribution in [0, 0.1) is 0 Å². The highest BCUT2D eigenvalue weighted by Gasteiger charge is 2.13. The Labute approximate surface area is 156 Å². The number of halogens is 2. The summed E-state index contributed by atoms with van der Waals surface area (Å²) in [6.07, 6.45) is 0. The van der Waals surface area contributed by atoms with Gasteiger partial charge in [0.1, 0.15) is 5.75 Å². The Morgan fingerprint density at radius 3 is 2.22 bits per heavy atom. The molecule has 1 atom stereocenters. The second-order valence-electron chi connectivity index (χ2n) is 6.09. The predicted molar refractivity (Wildman–Crippen MR) is 101 cm³/mol. The SMILES string of the molecule is C[C@H](NC(=O)c1cccc(OC(F)F)c1)c1ccc(-c2ccccc2)cc1. The monoisotopic (exact) mass is 367 g/mol. The van der Waals surface area contributed by atoms with E-state index < -0.39 is 6.61 Å². The van der Waals surface area contributed by atoms with E-state index in [-0.39, 0.29) is 23.3 Å². The first-order valence-corrected chi connectivity index (χ1v) is 8.54. The number of hydrogen-bond donors (Lipinski definition) is 1. The van der Waals surface area contributed by atoms with E-state index in [2.05, 4.69) is 10.1 Å². The van der Waals surface area contributed by atoms with Gasteiger partial charge in [0.15, 0.2) is 0 Å². The first-order chi connectivity index (χ1) is 13.0.